The van der Waals surface area contributed by atoms with E-state index in [1.165, 1.54) is 5.56 Å². The van der Waals surface area contributed by atoms with Crippen molar-refractivity contribution in [1.29, 1.82) is 0 Å². The number of hydrogen-bond acceptors (Lipinski definition) is 6. The Balaban J connectivity index is 1.49. The third-order valence-electron chi connectivity index (χ3n) is 4.43. The SMILES string of the molecule is Cc1cc(Nc2cc(NCCCc3ccccc3)nc(-c3ccccc3)n2)no1. The van der Waals surface area contributed by atoms with Crippen molar-refractivity contribution in [3.8, 4) is 11.4 Å². The van der Waals surface area contributed by atoms with Crippen LogP contribution in [-0.2, 0) is 6.42 Å². The molecule has 2 aromatic carbocycles. The monoisotopic (exact) mass is 385 g/mol. The summed E-state index contributed by atoms with van der Waals surface area (Å²) in [6.45, 7) is 2.68. The highest BCUT2D eigenvalue weighted by molar-refractivity contribution is 5.63. The summed E-state index contributed by atoms with van der Waals surface area (Å²) in [5, 5.41) is 10.6. The molecule has 29 heavy (non-hydrogen) atoms. The van der Waals surface area contributed by atoms with Crippen LogP contribution in [0.5, 0.6) is 0 Å². The van der Waals surface area contributed by atoms with Crippen LogP contribution in [0.25, 0.3) is 11.4 Å². The Morgan fingerprint density at radius 3 is 2.28 bits per heavy atom. The van der Waals surface area contributed by atoms with Gasteiger partial charge in [0.15, 0.2) is 11.6 Å². The van der Waals surface area contributed by atoms with Crippen LogP contribution in [0.4, 0.5) is 17.5 Å². The predicted octanol–water partition coefficient (Wildman–Crippen LogP) is 5.23. The smallest absolute Gasteiger partial charge is 0.175 e. The summed E-state index contributed by atoms with van der Waals surface area (Å²) in [6.07, 6.45) is 2.04. The number of rotatable bonds is 8. The minimum Gasteiger partial charge on any atom is -0.370 e. The molecule has 0 bridgehead atoms. The molecule has 0 saturated heterocycles. The van der Waals surface area contributed by atoms with E-state index in [4.69, 9.17) is 4.52 Å². The van der Waals surface area contributed by atoms with Gasteiger partial charge in [-0.1, -0.05) is 65.8 Å². The van der Waals surface area contributed by atoms with Crippen LogP contribution in [-0.4, -0.2) is 21.7 Å². The zero-order valence-electron chi connectivity index (χ0n) is 16.3. The first-order valence-corrected chi connectivity index (χ1v) is 9.69. The number of aromatic nitrogens is 3. The Morgan fingerprint density at radius 1 is 0.828 bits per heavy atom. The second-order valence-corrected chi connectivity index (χ2v) is 6.79. The van der Waals surface area contributed by atoms with Gasteiger partial charge in [0.25, 0.3) is 0 Å². The van der Waals surface area contributed by atoms with E-state index >= 15 is 0 Å². The van der Waals surface area contributed by atoms with Crippen molar-refractivity contribution in [3.63, 3.8) is 0 Å². The zero-order valence-corrected chi connectivity index (χ0v) is 16.3. The van der Waals surface area contributed by atoms with Gasteiger partial charge in [-0.2, -0.15) is 0 Å². The molecule has 0 amide bonds. The zero-order chi connectivity index (χ0) is 19.9. The number of benzene rings is 2. The first kappa shape index (κ1) is 18.7. The van der Waals surface area contributed by atoms with Gasteiger partial charge >= 0.3 is 0 Å². The molecule has 2 heterocycles. The summed E-state index contributed by atoms with van der Waals surface area (Å²) in [6, 6.07) is 24.1. The molecule has 0 radical (unpaired) electrons. The summed E-state index contributed by atoms with van der Waals surface area (Å²) >= 11 is 0. The molecule has 0 spiro atoms. The Kier molecular flexibility index (Phi) is 5.81. The molecule has 0 fully saturated rings. The molecule has 0 atom stereocenters. The molecular weight excluding hydrogens is 362 g/mol. The third kappa shape index (κ3) is 5.19. The summed E-state index contributed by atoms with van der Waals surface area (Å²) < 4.78 is 5.13. The van der Waals surface area contributed by atoms with Crippen molar-refractivity contribution in [2.45, 2.75) is 19.8 Å². The van der Waals surface area contributed by atoms with Gasteiger partial charge in [-0.25, -0.2) is 9.97 Å². The van der Waals surface area contributed by atoms with Crippen LogP contribution in [0.3, 0.4) is 0 Å². The minimum atomic E-state index is 0.621. The second kappa shape index (κ2) is 9.01. The van der Waals surface area contributed by atoms with Gasteiger partial charge < -0.3 is 15.2 Å². The molecule has 0 aliphatic rings. The maximum absolute atomic E-state index is 5.13. The lowest BCUT2D eigenvalue weighted by atomic mass is 10.1. The summed E-state index contributed by atoms with van der Waals surface area (Å²) in [7, 11) is 0. The van der Waals surface area contributed by atoms with Crippen LogP contribution in [0, 0.1) is 6.92 Å². The van der Waals surface area contributed by atoms with Gasteiger partial charge in [0.1, 0.15) is 17.4 Å². The van der Waals surface area contributed by atoms with Gasteiger partial charge in [-0.3, -0.25) is 0 Å². The number of anilines is 3. The molecular formula is C23H23N5O. The van der Waals surface area contributed by atoms with Crippen molar-refractivity contribution in [3.05, 3.63) is 84.1 Å². The third-order valence-corrected chi connectivity index (χ3v) is 4.43. The van der Waals surface area contributed by atoms with Crippen molar-refractivity contribution in [2.75, 3.05) is 17.2 Å². The standard InChI is InChI=1S/C23H23N5O/c1-17-15-22(28-29-17)25-21-16-20(24-14-8-11-18-9-4-2-5-10-18)26-23(27-21)19-12-6-3-7-13-19/h2-7,9-10,12-13,15-16H,8,11,14H2,1H3,(H2,24,25,26,27,28). The number of aryl methyl sites for hydroxylation is 2. The quantitative estimate of drug-likeness (QED) is 0.405. The lowest BCUT2D eigenvalue weighted by molar-refractivity contribution is 0.400. The van der Waals surface area contributed by atoms with E-state index in [1.54, 1.807) is 0 Å². The van der Waals surface area contributed by atoms with Crippen molar-refractivity contribution in [1.82, 2.24) is 15.1 Å². The van der Waals surface area contributed by atoms with E-state index in [0.29, 0.717) is 17.5 Å². The minimum absolute atomic E-state index is 0.621. The molecule has 2 aromatic heterocycles. The highest BCUT2D eigenvalue weighted by Crippen LogP contribution is 2.22. The number of nitrogens with zero attached hydrogens (tertiary/aromatic N) is 3. The second-order valence-electron chi connectivity index (χ2n) is 6.79. The van der Waals surface area contributed by atoms with Crippen LogP contribution in [0.1, 0.15) is 17.7 Å². The Labute approximate surface area is 170 Å². The van der Waals surface area contributed by atoms with E-state index in [1.807, 2.05) is 55.5 Å². The van der Waals surface area contributed by atoms with E-state index in [-0.39, 0.29) is 0 Å². The van der Waals surface area contributed by atoms with E-state index in [2.05, 4.69) is 50.0 Å². The van der Waals surface area contributed by atoms with Crippen molar-refractivity contribution >= 4 is 17.5 Å². The van der Waals surface area contributed by atoms with Crippen LogP contribution in [0.2, 0.25) is 0 Å². The number of hydrogen-bond donors (Lipinski definition) is 2. The van der Waals surface area contributed by atoms with Gasteiger partial charge in [-0.15, -0.1) is 0 Å². The highest BCUT2D eigenvalue weighted by Gasteiger charge is 2.09. The Bertz CT molecular complexity index is 1050. The van der Waals surface area contributed by atoms with Gasteiger partial charge in [0.05, 0.1) is 0 Å². The average molecular weight is 385 g/mol. The fourth-order valence-corrected chi connectivity index (χ4v) is 3.03. The summed E-state index contributed by atoms with van der Waals surface area (Å²) in [4.78, 5) is 9.33. The summed E-state index contributed by atoms with van der Waals surface area (Å²) in [5.41, 5.74) is 2.30. The molecule has 146 valence electrons. The van der Waals surface area contributed by atoms with Crippen molar-refractivity contribution in [2.24, 2.45) is 0 Å². The van der Waals surface area contributed by atoms with Gasteiger partial charge in [0.2, 0.25) is 0 Å². The maximum atomic E-state index is 5.13. The molecule has 0 saturated carbocycles. The number of nitrogens with one attached hydrogen (secondary N) is 2. The molecule has 4 aromatic rings. The normalized spacial score (nSPS) is 10.7. The van der Waals surface area contributed by atoms with E-state index in [0.717, 1.165) is 36.5 Å². The molecule has 0 aliphatic carbocycles. The Morgan fingerprint density at radius 2 is 1.55 bits per heavy atom. The average Bonchev–Trinajstić information content (AvgIpc) is 3.17. The van der Waals surface area contributed by atoms with Crippen molar-refractivity contribution < 1.29 is 4.52 Å². The highest BCUT2D eigenvalue weighted by atomic mass is 16.5. The van der Waals surface area contributed by atoms with Gasteiger partial charge in [-0.05, 0) is 25.3 Å². The topological polar surface area (TPSA) is 75.9 Å². The molecule has 0 aliphatic heterocycles. The first-order valence-electron chi connectivity index (χ1n) is 9.69. The largest absolute Gasteiger partial charge is 0.370 e. The predicted molar refractivity (Wildman–Crippen MR) is 115 cm³/mol. The fourth-order valence-electron chi connectivity index (χ4n) is 3.03. The van der Waals surface area contributed by atoms with Gasteiger partial charge in [0, 0.05) is 24.2 Å². The van der Waals surface area contributed by atoms with E-state index in [9.17, 15) is 0 Å². The van der Waals surface area contributed by atoms with Crippen LogP contribution in [0.15, 0.2) is 77.3 Å². The first-order chi connectivity index (χ1) is 14.3. The maximum Gasteiger partial charge on any atom is 0.175 e. The molecule has 6 heteroatoms. The van der Waals surface area contributed by atoms with E-state index < -0.39 is 0 Å². The molecule has 4 rings (SSSR count). The van der Waals surface area contributed by atoms with Crippen LogP contribution < -0.4 is 10.6 Å². The lowest BCUT2D eigenvalue weighted by Crippen LogP contribution is -2.07. The summed E-state index contributed by atoms with van der Waals surface area (Å²) in [5.74, 6) is 3.45. The molecule has 2 N–H and O–H groups in total. The lowest BCUT2D eigenvalue weighted by Gasteiger charge is -2.11. The Hall–Kier alpha value is -3.67. The molecule has 6 nitrogen and oxygen atoms in total. The van der Waals surface area contributed by atoms with Crippen LogP contribution >= 0.6 is 0 Å². The molecule has 0 unspecified atom stereocenters. The fraction of sp³-hybridized carbons (Fsp3) is 0.174.